The standard InChI is InChI=1S/C21H18N2O5S/c1-29(25,26)16-8-5-14(6-9-16)12-22-21(24)18-4-2-3-17(23-18)15-7-10-19-20(11-15)28-13-27-19/h2-11H,12-13H2,1H3,(H,22,24). The lowest BCUT2D eigenvalue weighted by atomic mass is 10.1. The molecule has 0 atom stereocenters. The first-order valence-electron chi connectivity index (χ1n) is 8.84. The molecule has 0 bridgehead atoms. The Labute approximate surface area is 168 Å². The van der Waals surface area contributed by atoms with E-state index in [2.05, 4.69) is 10.3 Å². The van der Waals surface area contributed by atoms with Gasteiger partial charge in [0.2, 0.25) is 6.79 Å². The number of amides is 1. The van der Waals surface area contributed by atoms with Crippen molar-refractivity contribution in [2.24, 2.45) is 0 Å². The summed E-state index contributed by atoms with van der Waals surface area (Å²) in [5, 5.41) is 2.80. The van der Waals surface area contributed by atoms with Crippen LogP contribution in [0.3, 0.4) is 0 Å². The van der Waals surface area contributed by atoms with Gasteiger partial charge in [-0.2, -0.15) is 0 Å². The van der Waals surface area contributed by atoms with E-state index in [1.54, 1.807) is 24.3 Å². The van der Waals surface area contributed by atoms with Crippen molar-refractivity contribution >= 4 is 15.7 Å². The Morgan fingerprint density at radius 3 is 2.55 bits per heavy atom. The van der Waals surface area contributed by atoms with Crippen molar-refractivity contribution in [1.29, 1.82) is 0 Å². The molecule has 29 heavy (non-hydrogen) atoms. The van der Waals surface area contributed by atoms with Gasteiger partial charge in [-0.05, 0) is 48.0 Å². The van der Waals surface area contributed by atoms with Crippen molar-refractivity contribution in [2.45, 2.75) is 11.4 Å². The molecule has 2 aromatic carbocycles. The van der Waals surface area contributed by atoms with Crippen LogP contribution in [-0.2, 0) is 16.4 Å². The minimum atomic E-state index is -3.24. The van der Waals surface area contributed by atoms with Crippen LogP contribution in [0, 0.1) is 0 Å². The second-order valence-electron chi connectivity index (χ2n) is 6.57. The summed E-state index contributed by atoms with van der Waals surface area (Å²) < 4.78 is 33.7. The molecule has 148 valence electrons. The van der Waals surface area contributed by atoms with E-state index in [-0.39, 0.29) is 29.8 Å². The van der Waals surface area contributed by atoms with Crippen LogP contribution >= 0.6 is 0 Å². The van der Waals surface area contributed by atoms with E-state index in [0.29, 0.717) is 17.2 Å². The highest BCUT2D eigenvalue weighted by Gasteiger charge is 2.15. The number of hydrogen-bond acceptors (Lipinski definition) is 6. The van der Waals surface area contributed by atoms with Gasteiger partial charge in [0.05, 0.1) is 10.6 Å². The molecule has 2 heterocycles. The Bertz CT molecular complexity index is 1170. The first-order valence-corrected chi connectivity index (χ1v) is 10.7. The summed E-state index contributed by atoms with van der Waals surface area (Å²) in [5.41, 5.74) is 2.54. The van der Waals surface area contributed by atoms with Crippen molar-refractivity contribution in [3.05, 3.63) is 71.9 Å². The molecule has 4 rings (SSSR count). The highest BCUT2D eigenvalue weighted by Crippen LogP contribution is 2.35. The molecule has 8 heteroatoms. The van der Waals surface area contributed by atoms with E-state index in [0.717, 1.165) is 17.4 Å². The fourth-order valence-electron chi connectivity index (χ4n) is 2.91. The van der Waals surface area contributed by atoms with Gasteiger partial charge in [-0.3, -0.25) is 4.79 Å². The third kappa shape index (κ3) is 4.22. The first-order chi connectivity index (χ1) is 13.9. The number of ether oxygens (including phenoxy) is 2. The van der Waals surface area contributed by atoms with Gasteiger partial charge < -0.3 is 14.8 Å². The summed E-state index contributed by atoms with van der Waals surface area (Å²) >= 11 is 0. The van der Waals surface area contributed by atoms with E-state index in [1.807, 2.05) is 24.3 Å². The molecular formula is C21H18N2O5S. The summed E-state index contributed by atoms with van der Waals surface area (Å²) in [7, 11) is -3.24. The molecule has 0 saturated heterocycles. The predicted octanol–water partition coefficient (Wildman–Crippen LogP) is 2.81. The third-order valence-corrected chi connectivity index (χ3v) is 5.58. The topological polar surface area (TPSA) is 94.6 Å². The summed E-state index contributed by atoms with van der Waals surface area (Å²) in [5.74, 6) is 1.01. The molecule has 0 unspecified atom stereocenters. The normalized spacial score (nSPS) is 12.6. The number of nitrogens with one attached hydrogen (secondary N) is 1. The molecule has 1 aromatic heterocycles. The van der Waals surface area contributed by atoms with Gasteiger partial charge in [0, 0.05) is 18.4 Å². The van der Waals surface area contributed by atoms with Crippen molar-refractivity contribution in [2.75, 3.05) is 13.0 Å². The summed E-state index contributed by atoms with van der Waals surface area (Å²) in [6.07, 6.45) is 1.16. The molecule has 0 saturated carbocycles. The summed E-state index contributed by atoms with van der Waals surface area (Å²) in [4.78, 5) is 17.2. The average Bonchev–Trinajstić information content (AvgIpc) is 3.19. The number of fused-ring (bicyclic) bond motifs is 1. The molecule has 0 aliphatic carbocycles. The Hall–Kier alpha value is -3.39. The van der Waals surface area contributed by atoms with Crippen molar-refractivity contribution < 1.29 is 22.7 Å². The third-order valence-electron chi connectivity index (χ3n) is 4.45. The number of pyridine rings is 1. The maximum Gasteiger partial charge on any atom is 0.270 e. The van der Waals surface area contributed by atoms with Crippen LogP contribution in [0.15, 0.2) is 65.6 Å². The van der Waals surface area contributed by atoms with E-state index in [1.165, 1.54) is 12.1 Å². The Balaban J connectivity index is 1.46. The number of aromatic nitrogens is 1. The quantitative estimate of drug-likeness (QED) is 0.695. The number of sulfone groups is 1. The lowest BCUT2D eigenvalue weighted by Gasteiger charge is -2.08. The fraction of sp³-hybridized carbons (Fsp3) is 0.143. The van der Waals surface area contributed by atoms with Crippen LogP contribution in [0.5, 0.6) is 11.5 Å². The van der Waals surface area contributed by atoms with Gasteiger partial charge in [-0.15, -0.1) is 0 Å². The maximum absolute atomic E-state index is 12.5. The zero-order valence-electron chi connectivity index (χ0n) is 15.6. The number of carbonyl (C=O) groups is 1. The van der Waals surface area contributed by atoms with E-state index < -0.39 is 9.84 Å². The second-order valence-corrected chi connectivity index (χ2v) is 8.59. The molecule has 0 fully saturated rings. The molecule has 1 N–H and O–H groups in total. The van der Waals surface area contributed by atoms with Crippen LogP contribution in [0.2, 0.25) is 0 Å². The van der Waals surface area contributed by atoms with Gasteiger partial charge in [0.1, 0.15) is 5.69 Å². The zero-order chi connectivity index (χ0) is 20.4. The highest BCUT2D eigenvalue weighted by atomic mass is 32.2. The number of hydrogen-bond donors (Lipinski definition) is 1. The zero-order valence-corrected chi connectivity index (χ0v) is 16.4. The Kier molecular flexibility index (Phi) is 4.94. The van der Waals surface area contributed by atoms with Crippen molar-refractivity contribution in [3.8, 4) is 22.8 Å². The number of nitrogens with zero attached hydrogens (tertiary/aromatic N) is 1. The number of benzene rings is 2. The van der Waals surface area contributed by atoms with E-state index in [9.17, 15) is 13.2 Å². The summed E-state index contributed by atoms with van der Waals surface area (Å²) in [6, 6.07) is 17.1. The molecular weight excluding hydrogens is 392 g/mol. The first kappa shape index (κ1) is 18.9. The van der Waals surface area contributed by atoms with Crippen molar-refractivity contribution in [1.82, 2.24) is 10.3 Å². The summed E-state index contributed by atoms with van der Waals surface area (Å²) in [6.45, 7) is 0.457. The van der Waals surface area contributed by atoms with Crippen LogP contribution in [0.1, 0.15) is 16.1 Å². The molecule has 7 nitrogen and oxygen atoms in total. The Morgan fingerprint density at radius 1 is 1.03 bits per heavy atom. The fourth-order valence-corrected chi connectivity index (χ4v) is 3.54. The molecule has 1 aliphatic heterocycles. The van der Waals surface area contributed by atoms with E-state index >= 15 is 0 Å². The maximum atomic E-state index is 12.5. The molecule has 0 spiro atoms. The number of carbonyl (C=O) groups excluding carboxylic acids is 1. The van der Waals surface area contributed by atoms with Gasteiger partial charge in [0.15, 0.2) is 21.3 Å². The Morgan fingerprint density at radius 2 is 1.79 bits per heavy atom. The SMILES string of the molecule is CS(=O)(=O)c1ccc(CNC(=O)c2cccc(-c3ccc4c(c3)OCO4)n2)cc1. The minimum Gasteiger partial charge on any atom is -0.454 e. The van der Waals surface area contributed by atoms with Crippen LogP contribution < -0.4 is 14.8 Å². The average molecular weight is 410 g/mol. The second kappa shape index (κ2) is 7.56. The lowest BCUT2D eigenvalue weighted by molar-refractivity contribution is 0.0946. The predicted molar refractivity (Wildman–Crippen MR) is 107 cm³/mol. The molecule has 1 aliphatic rings. The number of rotatable bonds is 5. The monoisotopic (exact) mass is 410 g/mol. The van der Waals surface area contributed by atoms with Crippen LogP contribution in [0.25, 0.3) is 11.3 Å². The lowest BCUT2D eigenvalue weighted by Crippen LogP contribution is -2.23. The van der Waals surface area contributed by atoms with Gasteiger partial charge in [-0.1, -0.05) is 18.2 Å². The van der Waals surface area contributed by atoms with Gasteiger partial charge in [0.25, 0.3) is 5.91 Å². The van der Waals surface area contributed by atoms with E-state index in [4.69, 9.17) is 9.47 Å². The van der Waals surface area contributed by atoms with Crippen molar-refractivity contribution in [3.63, 3.8) is 0 Å². The smallest absolute Gasteiger partial charge is 0.270 e. The molecule has 3 aromatic rings. The molecule has 0 radical (unpaired) electrons. The largest absolute Gasteiger partial charge is 0.454 e. The van der Waals surface area contributed by atoms with Crippen LogP contribution in [0.4, 0.5) is 0 Å². The van der Waals surface area contributed by atoms with Gasteiger partial charge in [-0.25, -0.2) is 13.4 Å². The van der Waals surface area contributed by atoms with Gasteiger partial charge >= 0.3 is 0 Å². The minimum absolute atomic E-state index is 0.194. The molecule has 1 amide bonds. The van der Waals surface area contributed by atoms with Crippen LogP contribution in [-0.4, -0.2) is 32.4 Å². The highest BCUT2D eigenvalue weighted by molar-refractivity contribution is 7.90.